The first kappa shape index (κ1) is 30.9. The fourth-order valence-corrected chi connectivity index (χ4v) is 10.6. The first-order valence-corrected chi connectivity index (χ1v) is 19.8. The first-order valence-electron chi connectivity index (χ1n) is 19.8. The third-order valence-corrected chi connectivity index (χ3v) is 12.8. The molecule has 3 aliphatic rings. The van der Waals surface area contributed by atoms with Crippen molar-refractivity contribution >= 4 is 21.7 Å². The molecule has 0 saturated heterocycles. The summed E-state index contributed by atoms with van der Waals surface area (Å²) in [4.78, 5) is 11.2. The molecule has 262 valence electrons. The molecule has 0 saturated carbocycles. The van der Waals surface area contributed by atoms with Crippen LogP contribution in [0.4, 0.5) is 0 Å². The Kier molecular flexibility index (Phi) is 6.13. The van der Waals surface area contributed by atoms with Gasteiger partial charge in [-0.2, -0.15) is 0 Å². The lowest BCUT2D eigenvalue weighted by Gasteiger charge is -2.31. The SMILES string of the molecule is c1ccc(-c2ccc(-c3nc(-c4c5c(cc6c4-c4ccccc4C64c6ccccc6-c6ccccc64)-c4cccc6cccc-5c46)nc4ccccc34)cc2)cc1. The summed E-state index contributed by atoms with van der Waals surface area (Å²) in [6.45, 7) is 0. The van der Waals surface area contributed by atoms with Crippen LogP contribution in [0.3, 0.4) is 0 Å². The third kappa shape index (κ3) is 3.99. The molecule has 0 atom stereocenters. The lowest BCUT2D eigenvalue weighted by Crippen LogP contribution is -2.26. The van der Waals surface area contributed by atoms with Crippen LogP contribution in [0.5, 0.6) is 0 Å². The summed E-state index contributed by atoms with van der Waals surface area (Å²) in [7, 11) is 0. The van der Waals surface area contributed by atoms with Crippen molar-refractivity contribution in [2.45, 2.75) is 5.41 Å². The van der Waals surface area contributed by atoms with E-state index in [1.807, 2.05) is 0 Å². The molecule has 0 amide bonds. The van der Waals surface area contributed by atoms with E-state index in [9.17, 15) is 0 Å². The largest absolute Gasteiger partial charge is 0.228 e. The van der Waals surface area contributed by atoms with Crippen molar-refractivity contribution < 1.29 is 0 Å². The lowest BCUT2D eigenvalue weighted by atomic mass is 9.70. The zero-order chi connectivity index (χ0) is 37.2. The van der Waals surface area contributed by atoms with E-state index >= 15 is 0 Å². The molecule has 2 nitrogen and oxygen atoms in total. The Hall–Kier alpha value is -7.42. The monoisotopic (exact) mass is 720 g/mol. The van der Waals surface area contributed by atoms with Gasteiger partial charge in [0.15, 0.2) is 5.82 Å². The van der Waals surface area contributed by atoms with E-state index in [1.54, 1.807) is 0 Å². The summed E-state index contributed by atoms with van der Waals surface area (Å²) < 4.78 is 0. The summed E-state index contributed by atoms with van der Waals surface area (Å²) in [6.07, 6.45) is 0. The van der Waals surface area contributed by atoms with Crippen LogP contribution < -0.4 is 0 Å². The predicted octanol–water partition coefficient (Wildman–Crippen LogP) is 13.8. The van der Waals surface area contributed by atoms with Gasteiger partial charge < -0.3 is 0 Å². The standard InChI is InChI=1S/C55H32N2/c1-2-14-33(15-3-1)34-28-30-36(31-29-34)53-41-21-7-11-27-48(41)56-54(57-53)52-50-42-23-13-17-35-16-12-22-39(49(35)42)43(50)32-47-51(52)40-20-6-10-26-46(40)55(47)44-24-8-4-18-37(44)38-19-5-9-25-45(38)55/h1-32H. The van der Waals surface area contributed by atoms with E-state index in [0.717, 1.165) is 33.5 Å². The van der Waals surface area contributed by atoms with Crippen LogP contribution in [0, 0.1) is 0 Å². The quantitative estimate of drug-likeness (QED) is 0.182. The molecule has 2 heteroatoms. The van der Waals surface area contributed by atoms with Gasteiger partial charge in [0.1, 0.15) is 0 Å². The minimum absolute atomic E-state index is 0.501. The maximum absolute atomic E-state index is 5.69. The van der Waals surface area contributed by atoms with Crippen LogP contribution in [0.1, 0.15) is 22.3 Å². The summed E-state index contributed by atoms with van der Waals surface area (Å²) in [6, 6.07) is 71.1. The normalized spacial score (nSPS) is 13.4. The van der Waals surface area contributed by atoms with Gasteiger partial charge in [-0.25, -0.2) is 9.97 Å². The van der Waals surface area contributed by atoms with E-state index in [4.69, 9.17) is 9.97 Å². The van der Waals surface area contributed by atoms with Crippen LogP contribution in [0.25, 0.3) is 100.0 Å². The fraction of sp³-hybridized carbons (Fsp3) is 0.0182. The minimum Gasteiger partial charge on any atom is -0.228 e. The van der Waals surface area contributed by atoms with Gasteiger partial charge in [0.2, 0.25) is 0 Å². The molecule has 0 fully saturated rings. The smallest absolute Gasteiger partial charge is 0.161 e. The number of para-hydroxylation sites is 1. The second kappa shape index (κ2) is 11.3. The molecular weight excluding hydrogens is 689 g/mol. The van der Waals surface area contributed by atoms with Crippen molar-refractivity contribution in [3.8, 4) is 78.3 Å². The number of nitrogens with zero attached hydrogens (tertiary/aromatic N) is 2. The van der Waals surface area contributed by atoms with E-state index in [0.29, 0.717) is 0 Å². The summed E-state index contributed by atoms with van der Waals surface area (Å²) in [5.74, 6) is 0.750. The van der Waals surface area contributed by atoms with Crippen molar-refractivity contribution in [2.24, 2.45) is 0 Å². The molecule has 0 N–H and O–H groups in total. The minimum atomic E-state index is -0.501. The molecule has 57 heavy (non-hydrogen) atoms. The highest BCUT2D eigenvalue weighted by atomic mass is 14.9. The number of aromatic nitrogens is 2. The predicted molar refractivity (Wildman–Crippen MR) is 234 cm³/mol. The van der Waals surface area contributed by atoms with Crippen LogP contribution in [0.15, 0.2) is 194 Å². The molecule has 0 aliphatic heterocycles. The van der Waals surface area contributed by atoms with Crippen LogP contribution >= 0.6 is 0 Å². The molecule has 13 rings (SSSR count). The average molecular weight is 721 g/mol. The Balaban J connectivity index is 1.17. The Bertz CT molecular complexity index is 3290. The Labute approximate surface area is 330 Å². The van der Waals surface area contributed by atoms with Crippen molar-refractivity contribution in [1.82, 2.24) is 9.97 Å². The van der Waals surface area contributed by atoms with E-state index in [-0.39, 0.29) is 0 Å². The zero-order valence-corrected chi connectivity index (χ0v) is 30.9. The summed E-state index contributed by atoms with van der Waals surface area (Å²) in [5, 5.41) is 3.59. The highest BCUT2D eigenvalue weighted by Gasteiger charge is 2.53. The Morgan fingerprint density at radius 2 is 0.895 bits per heavy atom. The highest BCUT2D eigenvalue weighted by molar-refractivity contribution is 6.21. The first-order chi connectivity index (χ1) is 28.3. The third-order valence-electron chi connectivity index (χ3n) is 12.8. The molecule has 1 aromatic heterocycles. The van der Waals surface area contributed by atoms with Gasteiger partial charge in [0, 0.05) is 22.1 Å². The van der Waals surface area contributed by atoms with E-state index in [2.05, 4.69) is 194 Å². The highest BCUT2D eigenvalue weighted by Crippen LogP contribution is 2.66. The number of hydrogen-bond acceptors (Lipinski definition) is 2. The fourth-order valence-electron chi connectivity index (χ4n) is 10.6. The van der Waals surface area contributed by atoms with Gasteiger partial charge in [-0.3, -0.25) is 0 Å². The Morgan fingerprint density at radius 1 is 0.333 bits per heavy atom. The van der Waals surface area contributed by atoms with Gasteiger partial charge in [-0.15, -0.1) is 0 Å². The molecular formula is C55H32N2. The van der Waals surface area contributed by atoms with Crippen molar-refractivity contribution in [2.75, 3.05) is 0 Å². The molecule has 0 radical (unpaired) electrons. The zero-order valence-electron chi connectivity index (χ0n) is 30.9. The average Bonchev–Trinajstić information content (AvgIpc) is 3.88. The molecule has 10 aromatic rings. The number of fused-ring (bicyclic) bond motifs is 14. The van der Waals surface area contributed by atoms with Crippen molar-refractivity contribution in [1.29, 1.82) is 0 Å². The lowest BCUT2D eigenvalue weighted by molar-refractivity contribution is 0.794. The second-order valence-corrected chi connectivity index (χ2v) is 15.5. The molecule has 9 aromatic carbocycles. The van der Waals surface area contributed by atoms with Gasteiger partial charge in [0.05, 0.1) is 16.6 Å². The van der Waals surface area contributed by atoms with Crippen molar-refractivity contribution in [3.63, 3.8) is 0 Å². The number of hydrogen-bond donors (Lipinski definition) is 0. The maximum atomic E-state index is 5.69. The van der Waals surface area contributed by atoms with E-state index in [1.165, 1.54) is 88.7 Å². The molecule has 1 heterocycles. The summed E-state index contributed by atoms with van der Waals surface area (Å²) >= 11 is 0. The van der Waals surface area contributed by atoms with Crippen LogP contribution in [0.2, 0.25) is 0 Å². The van der Waals surface area contributed by atoms with Gasteiger partial charge in [0.25, 0.3) is 0 Å². The number of rotatable bonds is 3. The van der Waals surface area contributed by atoms with Crippen LogP contribution in [-0.4, -0.2) is 9.97 Å². The van der Waals surface area contributed by atoms with Gasteiger partial charge in [-0.05, 0) is 95.2 Å². The van der Waals surface area contributed by atoms with Gasteiger partial charge in [-0.1, -0.05) is 182 Å². The summed E-state index contributed by atoms with van der Waals surface area (Å²) in [5.41, 5.74) is 21.2. The molecule has 3 aliphatic carbocycles. The van der Waals surface area contributed by atoms with Crippen molar-refractivity contribution in [3.05, 3.63) is 216 Å². The van der Waals surface area contributed by atoms with Crippen LogP contribution in [-0.2, 0) is 5.41 Å². The number of benzene rings is 9. The van der Waals surface area contributed by atoms with E-state index < -0.39 is 5.41 Å². The molecule has 0 unspecified atom stereocenters. The maximum Gasteiger partial charge on any atom is 0.161 e. The molecule has 0 bridgehead atoms. The topological polar surface area (TPSA) is 25.8 Å². The second-order valence-electron chi connectivity index (χ2n) is 15.5. The van der Waals surface area contributed by atoms with Gasteiger partial charge >= 0.3 is 0 Å². The Morgan fingerprint density at radius 3 is 1.63 bits per heavy atom. The molecule has 1 spiro atoms.